The molecule has 0 spiro atoms. The lowest BCUT2D eigenvalue weighted by Crippen LogP contribution is -3.01. The summed E-state index contributed by atoms with van der Waals surface area (Å²) in [5.74, 6) is 0. The highest BCUT2D eigenvalue weighted by Gasteiger charge is 2.09. The van der Waals surface area contributed by atoms with Gasteiger partial charge in [0.2, 0.25) is 0 Å². The number of hydrogen-bond donors (Lipinski definition) is 1. The minimum atomic E-state index is -3.92. The van der Waals surface area contributed by atoms with Crippen molar-refractivity contribution in [2.45, 2.75) is 26.2 Å². The molecule has 1 aliphatic rings. The number of allylic oxidation sites excluding steroid dienone is 3. The van der Waals surface area contributed by atoms with Gasteiger partial charge >= 0.3 is 0 Å². The van der Waals surface area contributed by atoms with Crippen molar-refractivity contribution in [3.8, 4) is 0 Å². The average molecular weight is 233 g/mol. The van der Waals surface area contributed by atoms with Crippen LogP contribution in [0, 0.1) is 0 Å². The first-order valence-corrected chi connectivity index (χ1v) is 6.78. The Bertz CT molecular complexity index is 323. The predicted octanol–water partition coefficient (Wildman–Crippen LogP) is 0.264. The van der Waals surface area contributed by atoms with E-state index in [1.165, 1.54) is 29.9 Å². The van der Waals surface area contributed by atoms with Gasteiger partial charge < -0.3 is 4.55 Å². The lowest BCUT2D eigenvalue weighted by atomic mass is 10.2. The third kappa shape index (κ3) is 9.65. The van der Waals surface area contributed by atoms with Gasteiger partial charge in [-0.05, 0) is 12.5 Å². The van der Waals surface area contributed by atoms with Crippen molar-refractivity contribution in [2.75, 3.05) is 13.3 Å². The molecule has 0 saturated heterocycles. The highest BCUT2D eigenvalue weighted by atomic mass is 32.2. The molecule has 0 amide bonds. The molecule has 1 aliphatic heterocycles. The van der Waals surface area contributed by atoms with E-state index in [4.69, 9.17) is 13.0 Å². The van der Waals surface area contributed by atoms with Crippen molar-refractivity contribution < 1.29 is 17.9 Å². The molecule has 0 radical (unpaired) electrons. The second-order valence-electron chi connectivity index (χ2n) is 3.54. The highest BCUT2D eigenvalue weighted by molar-refractivity contribution is 7.84. The fourth-order valence-corrected chi connectivity index (χ4v) is 1.19. The lowest BCUT2D eigenvalue weighted by molar-refractivity contribution is -0.780. The van der Waals surface area contributed by atoms with Crippen LogP contribution in [0.3, 0.4) is 0 Å². The second kappa shape index (κ2) is 6.76. The van der Waals surface area contributed by atoms with E-state index >= 15 is 0 Å². The van der Waals surface area contributed by atoms with E-state index in [2.05, 4.69) is 32.3 Å². The topological polar surface area (TPSA) is 61.6 Å². The van der Waals surface area contributed by atoms with Crippen molar-refractivity contribution in [1.29, 1.82) is 0 Å². The molecular weight excluding hydrogens is 214 g/mol. The van der Waals surface area contributed by atoms with Crippen LogP contribution in [0.5, 0.6) is 0 Å². The molecule has 88 valence electrons. The minimum Gasteiger partial charge on any atom is -0.748 e. The number of quaternary nitrogens is 1. The summed E-state index contributed by atoms with van der Waals surface area (Å²) in [7, 11) is -1.73. The largest absolute Gasteiger partial charge is 0.748 e. The predicted molar refractivity (Wildman–Crippen MR) is 59.3 cm³/mol. The van der Waals surface area contributed by atoms with E-state index in [1.807, 2.05) is 0 Å². The van der Waals surface area contributed by atoms with Crippen molar-refractivity contribution in [2.24, 2.45) is 0 Å². The van der Waals surface area contributed by atoms with Crippen LogP contribution in [0.1, 0.15) is 26.2 Å². The third-order valence-electron chi connectivity index (χ3n) is 1.95. The Balaban J connectivity index is 0.000000336. The number of nitrogens with one attached hydrogen (secondary N) is 1. The maximum absolute atomic E-state index is 9.08. The van der Waals surface area contributed by atoms with Crippen LogP contribution in [-0.4, -0.2) is 26.3 Å². The first-order valence-electron chi connectivity index (χ1n) is 4.96. The molecule has 0 aromatic rings. The Morgan fingerprint density at radius 2 is 2.00 bits per heavy atom. The fraction of sp³-hybridized carbons (Fsp3) is 0.600. The summed E-state index contributed by atoms with van der Waals surface area (Å²) in [6, 6.07) is 0. The Hall–Kier alpha value is -0.650. The Labute approximate surface area is 92.0 Å². The zero-order chi connectivity index (χ0) is 11.9. The molecule has 5 heteroatoms. The van der Waals surface area contributed by atoms with E-state index in [0.29, 0.717) is 6.26 Å². The molecule has 1 N–H and O–H groups in total. The number of hydrogen-bond acceptors (Lipinski definition) is 3. The Morgan fingerprint density at radius 1 is 1.47 bits per heavy atom. The molecule has 0 saturated carbocycles. The van der Waals surface area contributed by atoms with Gasteiger partial charge in [-0.2, -0.15) is 0 Å². The zero-order valence-electron chi connectivity index (χ0n) is 9.49. The summed E-state index contributed by atoms with van der Waals surface area (Å²) in [5.41, 5.74) is 1.53. The maximum atomic E-state index is 9.08. The van der Waals surface area contributed by atoms with E-state index in [0.717, 1.165) is 0 Å². The lowest BCUT2D eigenvalue weighted by Gasteiger charge is -2.06. The van der Waals surface area contributed by atoms with Gasteiger partial charge in [0, 0.05) is 18.8 Å². The Morgan fingerprint density at radius 3 is 2.33 bits per heavy atom. The fourth-order valence-electron chi connectivity index (χ4n) is 1.19. The standard InChI is InChI=1S/C9H15N.CH4O3S/c1-3-4-6-9-7-5-8-10(9)2;1-5(2,3)4/h5,7-8H,3-4,6H2,1-2H3;1H3,(H,2,3,4). The van der Waals surface area contributed by atoms with Crippen LogP contribution in [0.2, 0.25) is 0 Å². The molecule has 15 heavy (non-hydrogen) atoms. The van der Waals surface area contributed by atoms with Crippen LogP contribution in [0.25, 0.3) is 0 Å². The summed E-state index contributed by atoms with van der Waals surface area (Å²) in [5, 5.41) is 0. The molecule has 1 rings (SSSR count). The molecule has 0 aliphatic carbocycles. The summed E-state index contributed by atoms with van der Waals surface area (Å²) in [6.45, 7) is 2.23. The van der Waals surface area contributed by atoms with Crippen LogP contribution >= 0.6 is 0 Å². The normalized spacial score (nSPS) is 19.5. The van der Waals surface area contributed by atoms with Crippen LogP contribution in [0.15, 0.2) is 24.0 Å². The quantitative estimate of drug-likeness (QED) is 0.711. The first kappa shape index (κ1) is 14.3. The van der Waals surface area contributed by atoms with Gasteiger partial charge in [-0.1, -0.05) is 13.3 Å². The molecule has 1 unspecified atom stereocenters. The second-order valence-corrected chi connectivity index (χ2v) is 4.95. The molecule has 0 aromatic heterocycles. The minimum absolute atomic E-state index is 0.604. The van der Waals surface area contributed by atoms with Gasteiger partial charge in [0.15, 0.2) is 0 Å². The SMILES string of the molecule is CCCCC1=CC=C[NH+]1C.CS(=O)(=O)[O-]. The van der Waals surface area contributed by atoms with E-state index < -0.39 is 10.1 Å². The summed E-state index contributed by atoms with van der Waals surface area (Å²) >= 11 is 0. The first-order chi connectivity index (χ1) is 6.84. The monoisotopic (exact) mass is 233 g/mol. The molecule has 0 aromatic carbocycles. The van der Waals surface area contributed by atoms with E-state index in [1.54, 1.807) is 0 Å². The van der Waals surface area contributed by atoms with Crippen molar-refractivity contribution >= 4 is 10.1 Å². The van der Waals surface area contributed by atoms with E-state index in [9.17, 15) is 0 Å². The van der Waals surface area contributed by atoms with Crippen molar-refractivity contribution in [3.63, 3.8) is 0 Å². The summed E-state index contributed by atoms with van der Waals surface area (Å²) < 4.78 is 27.2. The molecule has 0 bridgehead atoms. The van der Waals surface area contributed by atoms with Crippen LogP contribution < -0.4 is 4.90 Å². The van der Waals surface area contributed by atoms with Gasteiger partial charge in [-0.3, -0.25) is 4.90 Å². The Kier molecular flexibility index (Phi) is 6.47. The number of rotatable bonds is 3. The van der Waals surface area contributed by atoms with Gasteiger partial charge in [0.1, 0.15) is 5.70 Å². The van der Waals surface area contributed by atoms with Crippen LogP contribution in [-0.2, 0) is 10.1 Å². The number of unbranched alkanes of at least 4 members (excludes halogenated alkanes) is 1. The molecule has 1 heterocycles. The summed E-state index contributed by atoms with van der Waals surface area (Å²) in [4.78, 5) is 1.45. The zero-order valence-corrected chi connectivity index (χ0v) is 10.3. The molecule has 4 nitrogen and oxygen atoms in total. The third-order valence-corrected chi connectivity index (χ3v) is 1.95. The van der Waals surface area contributed by atoms with Gasteiger partial charge in [0.25, 0.3) is 0 Å². The summed E-state index contributed by atoms with van der Waals surface area (Å²) in [6.07, 6.45) is 11.0. The van der Waals surface area contributed by atoms with E-state index in [-0.39, 0.29) is 0 Å². The molecule has 1 atom stereocenters. The average Bonchev–Trinajstić information content (AvgIpc) is 2.45. The molecule has 0 fully saturated rings. The van der Waals surface area contributed by atoms with Gasteiger partial charge in [-0.25, -0.2) is 8.42 Å². The van der Waals surface area contributed by atoms with Gasteiger partial charge in [-0.15, -0.1) is 0 Å². The van der Waals surface area contributed by atoms with Crippen molar-refractivity contribution in [3.05, 3.63) is 24.0 Å². The molecular formula is C10H19NO3S. The van der Waals surface area contributed by atoms with Crippen molar-refractivity contribution in [1.82, 2.24) is 0 Å². The van der Waals surface area contributed by atoms with Gasteiger partial charge in [0.05, 0.1) is 23.4 Å². The smallest absolute Gasteiger partial charge is 0.112 e. The van der Waals surface area contributed by atoms with Crippen LogP contribution in [0.4, 0.5) is 0 Å². The highest BCUT2D eigenvalue weighted by Crippen LogP contribution is 2.03. The maximum Gasteiger partial charge on any atom is 0.112 e.